The molecule has 1 fully saturated rings. The Labute approximate surface area is 203 Å². The average Bonchev–Trinajstić information content (AvgIpc) is 3.25. The highest BCUT2D eigenvalue weighted by molar-refractivity contribution is 7.92. The largest absolute Gasteiger partial charge is 0.497 e. The molecule has 10 nitrogen and oxygen atoms in total. The van der Waals surface area contributed by atoms with Gasteiger partial charge in [-0.3, -0.25) is 18.9 Å². The molecule has 12 heteroatoms. The standard InChI is InChI=1S/C23H28BN3O7S/c1-7-35(30,31)26-16-13-17-14(12-15(16)24-33-22(2,3)23(4,5)34-24)19(20(29)25-6)21(32-17)27-11-9-8-10-18(27)28/h8-13,26H,7H2,1-6H3,(H,25,29). The zero-order chi connectivity index (χ0) is 25.8. The minimum absolute atomic E-state index is 0.0142. The van der Waals surface area contributed by atoms with Crippen LogP contribution in [0.5, 0.6) is 0 Å². The van der Waals surface area contributed by atoms with Crippen molar-refractivity contribution in [2.75, 3.05) is 17.5 Å². The number of aromatic nitrogens is 1. The minimum atomic E-state index is -3.67. The Hall–Kier alpha value is -3.09. The topological polar surface area (TPSA) is 129 Å². The van der Waals surface area contributed by atoms with Gasteiger partial charge in [-0.2, -0.15) is 0 Å². The molecule has 1 saturated heterocycles. The summed E-state index contributed by atoms with van der Waals surface area (Å²) in [4.78, 5) is 25.4. The van der Waals surface area contributed by atoms with E-state index in [2.05, 4.69) is 10.0 Å². The average molecular weight is 501 g/mol. The molecule has 3 heterocycles. The molecular formula is C23H28BN3O7S. The highest BCUT2D eigenvalue weighted by Crippen LogP contribution is 2.38. The lowest BCUT2D eigenvalue weighted by Gasteiger charge is -2.32. The molecule has 0 atom stereocenters. The number of hydrogen-bond donors (Lipinski definition) is 2. The van der Waals surface area contributed by atoms with Crippen molar-refractivity contribution in [1.29, 1.82) is 0 Å². The number of nitrogens with one attached hydrogen (secondary N) is 2. The monoisotopic (exact) mass is 501 g/mol. The number of benzene rings is 1. The molecular weight excluding hydrogens is 473 g/mol. The van der Waals surface area contributed by atoms with Gasteiger partial charge in [-0.05, 0) is 46.8 Å². The first-order valence-corrected chi connectivity index (χ1v) is 12.8. The van der Waals surface area contributed by atoms with Crippen LogP contribution in [0.4, 0.5) is 5.69 Å². The molecule has 186 valence electrons. The maximum atomic E-state index is 12.9. The van der Waals surface area contributed by atoms with Crippen LogP contribution >= 0.6 is 0 Å². The summed E-state index contributed by atoms with van der Waals surface area (Å²) in [7, 11) is -3.12. The summed E-state index contributed by atoms with van der Waals surface area (Å²) in [6.07, 6.45) is 1.49. The smallest absolute Gasteiger partial charge is 0.439 e. The number of nitrogens with zero attached hydrogens (tertiary/aromatic N) is 1. The van der Waals surface area contributed by atoms with E-state index >= 15 is 0 Å². The van der Waals surface area contributed by atoms with Crippen LogP contribution in [-0.4, -0.2) is 50.0 Å². The fraction of sp³-hybridized carbons (Fsp3) is 0.391. The first kappa shape index (κ1) is 25.0. The summed E-state index contributed by atoms with van der Waals surface area (Å²) >= 11 is 0. The van der Waals surface area contributed by atoms with Crippen LogP contribution in [0.15, 0.2) is 45.7 Å². The SMILES string of the molecule is CCS(=O)(=O)Nc1cc2oc(-n3ccccc3=O)c(C(=O)NC)c2cc1B1OC(C)(C)C(C)(C)O1. The summed E-state index contributed by atoms with van der Waals surface area (Å²) < 4.78 is 47.1. The van der Waals surface area contributed by atoms with Gasteiger partial charge in [0.05, 0.1) is 22.6 Å². The van der Waals surface area contributed by atoms with E-state index in [4.69, 9.17) is 13.7 Å². The number of carbonyl (C=O) groups is 1. The molecule has 1 amide bonds. The first-order chi connectivity index (χ1) is 16.3. The number of rotatable bonds is 6. The lowest BCUT2D eigenvalue weighted by Crippen LogP contribution is -2.41. The second-order valence-electron chi connectivity index (χ2n) is 9.30. The molecule has 0 radical (unpaired) electrons. The Kier molecular flexibility index (Phi) is 6.11. The van der Waals surface area contributed by atoms with Crippen molar-refractivity contribution in [2.45, 2.75) is 45.8 Å². The maximum absolute atomic E-state index is 12.9. The molecule has 1 aromatic carbocycles. The van der Waals surface area contributed by atoms with Crippen molar-refractivity contribution in [3.8, 4) is 5.88 Å². The van der Waals surface area contributed by atoms with Crippen LogP contribution in [0.25, 0.3) is 16.9 Å². The molecule has 0 aliphatic carbocycles. The van der Waals surface area contributed by atoms with E-state index < -0.39 is 39.8 Å². The van der Waals surface area contributed by atoms with Gasteiger partial charge in [0.1, 0.15) is 11.1 Å². The highest BCUT2D eigenvalue weighted by atomic mass is 32.2. The van der Waals surface area contributed by atoms with Gasteiger partial charge in [-0.15, -0.1) is 0 Å². The number of sulfonamides is 1. The van der Waals surface area contributed by atoms with Gasteiger partial charge in [0.2, 0.25) is 15.9 Å². The van der Waals surface area contributed by atoms with Crippen molar-refractivity contribution >= 4 is 45.2 Å². The van der Waals surface area contributed by atoms with E-state index in [9.17, 15) is 18.0 Å². The molecule has 2 aromatic heterocycles. The van der Waals surface area contributed by atoms with Crippen molar-refractivity contribution in [1.82, 2.24) is 9.88 Å². The molecule has 2 N–H and O–H groups in total. The van der Waals surface area contributed by atoms with Crippen LogP contribution < -0.4 is 21.1 Å². The van der Waals surface area contributed by atoms with Crippen LogP contribution in [-0.2, 0) is 19.3 Å². The van der Waals surface area contributed by atoms with Gasteiger partial charge in [-0.25, -0.2) is 8.42 Å². The van der Waals surface area contributed by atoms with Gasteiger partial charge < -0.3 is 19.0 Å². The van der Waals surface area contributed by atoms with E-state index in [-0.39, 0.29) is 28.5 Å². The fourth-order valence-electron chi connectivity index (χ4n) is 3.75. The maximum Gasteiger partial charge on any atom is 0.497 e. The van der Waals surface area contributed by atoms with Gasteiger partial charge >= 0.3 is 7.12 Å². The van der Waals surface area contributed by atoms with Gasteiger partial charge in [0.15, 0.2) is 0 Å². The van der Waals surface area contributed by atoms with Crippen LogP contribution in [0.3, 0.4) is 0 Å². The van der Waals surface area contributed by atoms with Crippen molar-refractivity contribution in [2.24, 2.45) is 0 Å². The highest BCUT2D eigenvalue weighted by Gasteiger charge is 2.52. The summed E-state index contributed by atoms with van der Waals surface area (Å²) in [6, 6.07) is 7.65. The number of fused-ring (bicyclic) bond motifs is 1. The minimum Gasteiger partial charge on any atom is -0.439 e. The van der Waals surface area contributed by atoms with Gasteiger partial charge in [0, 0.05) is 36.2 Å². The van der Waals surface area contributed by atoms with Crippen molar-refractivity contribution < 1.29 is 26.9 Å². The molecule has 35 heavy (non-hydrogen) atoms. The van der Waals surface area contributed by atoms with Crippen molar-refractivity contribution in [3.63, 3.8) is 0 Å². The second-order valence-corrected chi connectivity index (χ2v) is 11.3. The molecule has 0 bridgehead atoms. The lowest BCUT2D eigenvalue weighted by atomic mass is 9.77. The predicted octanol–water partition coefficient (Wildman–Crippen LogP) is 2.00. The van der Waals surface area contributed by atoms with Crippen LogP contribution in [0, 0.1) is 0 Å². The van der Waals surface area contributed by atoms with E-state index in [1.807, 2.05) is 27.7 Å². The van der Waals surface area contributed by atoms with E-state index in [1.54, 1.807) is 18.2 Å². The summed E-state index contributed by atoms with van der Waals surface area (Å²) in [6.45, 7) is 9.06. The summed E-state index contributed by atoms with van der Waals surface area (Å²) in [5.41, 5.74) is -0.851. The second kappa shape index (κ2) is 8.54. The van der Waals surface area contributed by atoms with Crippen LogP contribution in [0.2, 0.25) is 0 Å². The zero-order valence-electron chi connectivity index (χ0n) is 20.5. The van der Waals surface area contributed by atoms with Gasteiger partial charge in [-0.1, -0.05) is 6.07 Å². The molecule has 1 aliphatic heterocycles. The number of hydrogen-bond acceptors (Lipinski definition) is 7. The number of anilines is 1. The van der Waals surface area contributed by atoms with Crippen LogP contribution in [0.1, 0.15) is 45.0 Å². The molecule has 0 unspecified atom stereocenters. The Morgan fingerprint density at radius 1 is 1.11 bits per heavy atom. The zero-order valence-corrected chi connectivity index (χ0v) is 21.3. The number of pyridine rings is 1. The van der Waals surface area contributed by atoms with E-state index in [0.717, 1.165) is 0 Å². The Balaban J connectivity index is 2.01. The summed E-state index contributed by atoms with van der Waals surface area (Å²) in [5, 5.41) is 2.95. The number of furan rings is 1. The third-order valence-corrected chi connectivity index (χ3v) is 7.78. The lowest BCUT2D eigenvalue weighted by molar-refractivity contribution is 0.00578. The Bertz CT molecular complexity index is 1460. The molecule has 0 spiro atoms. The Morgan fingerprint density at radius 2 is 1.77 bits per heavy atom. The van der Waals surface area contributed by atoms with E-state index in [0.29, 0.717) is 10.8 Å². The quantitative estimate of drug-likeness (QED) is 0.495. The molecule has 0 saturated carbocycles. The predicted molar refractivity (Wildman–Crippen MR) is 134 cm³/mol. The third kappa shape index (κ3) is 4.37. The molecule has 1 aliphatic rings. The number of amides is 1. The molecule has 4 rings (SSSR count). The summed E-state index contributed by atoms with van der Waals surface area (Å²) in [5.74, 6) is -0.614. The van der Waals surface area contributed by atoms with Crippen molar-refractivity contribution in [3.05, 3.63) is 52.4 Å². The first-order valence-electron chi connectivity index (χ1n) is 11.2. The van der Waals surface area contributed by atoms with Gasteiger partial charge in [0.25, 0.3) is 11.5 Å². The number of carbonyl (C=O) groups excluding carboxylic acids is 1. The Morgan fingerprint density at radius 3 is 2.34 bits per heavy atom. The third-order valence-electron chi connectivity index (χ3n) is 6.49. The fourth-order valence-corrected chi connectivity index (χ4v) is 4.41. The van der Waals surface area contributed by atoms with E-state index in [1.165, 1.54) is 36.9 Å². The molecule has 3 aromatic rings. The normalized spacial score (nSPS) is 17.0.